The Bertz CT molecular complexity index is 1550. The molecule has 4 aromatic rings. The standard InChI is InChI=1S/C27H21ClN4O4/c28-18-8-9-20-19(13-18)25(16-5-2-1-3-6-16)26(27(36)30-20)21-14-22(17-7-4-12-29-15-17)32(31-21)23(33)10-11-24(34)35/h1-9,12-13,15,22H,10-11,14H2,(H,30,36)(H,34,35). The molecule has 0 radical (unpaired) electrons. The van der Waals surface area contributed by atoms with Gasteiger partial charge in [0.25, 0.3) is 5.56 Å². The van der Waals surface area contributed by atoms with E-state index in [2.05, 4.69) is 15.1 Å². The molecule has 0 spiro atoms. The third kappa shape index (κ3) is 4.50. The van der Waals surface area contributed by atoms with Crippen LogP contribution in [-0.4, -0.2) is 37.7 Å². The van der Waals surface area contributed by atoms with Crippen molar-refractivity contribution < 1.29 is 14.7 Å². The summed E-state index contributed by atoms with van der Waals surface area (Å²) in [6.45, 7) is 0. The third-order valence-corrected chi connectivity index (χ3v) is 6.35. The van der Waals surface area contributed by atoms with E-state index in [1.165, 1.54) is 5.01 Å². The fourth-order valence-corrected chi connectivity index (χ4v) is 4.67. The molecule has 1 atom stereocenters. The summed E-state index contributed by atoms with van der Waals surface area (Å²) in [7, 11) is 0. The number of aromatic amines is 1. The molecule has 2 N–H and O–H groups in total. The van der Waals surface area contributed by atoms with Crippen LogP contribution in [0, 0.1) is 0 Å². The Hall–Kier alpha value is -4.30. The number of hydrogen-bond donors (Lipinski definition) is 2. The first-order valence-electron chi connectivity index (χ1n) is 11.3. The maximum atomic E-state index is 13.5. The average molecular weight is 501 g/mol. The second kappa shape index (κ2) is 9.75. The van der Waals surface area contributed by atoms with Gasteiger partial charge < -0.3 is 10.1 Å². The van der Waals surface area contributed by atoms with E-state index in [-0.39, 0.29) is 24.8 Å². The van der Waals surface area contributed by atoms with Crippen molar-refractivity contribution in [2.24, 2.45) is 5.10 Å². The monoisotopic (exact) mass is 500 g/mol. The second-order valence-electron chi connectivity index (χ2n) is 8.45. The highest BCUT2D eigenvalue weighted by atomic mass is 35.5. The van der Waals surface area contributed by atoms with Gasteiger partial charge in [0.05, 0.1) is 23.7 Å². The number of amides is 1. The molecule has 36 heavy (non-hydrogen) atoms. The molecular weight excluding hydrogens is 480 g/mol. The van der Waals surface area contributed by atoms with Crippen LogP contribution in [0.4, 0.5) is 0 Å². The fourth-order valence-electron chi connectivity index (χ4n) is 4.50. The van der Waals surface area contributed by atoms with Crippen molar-refractivity contribution in [1.29, 1.82) is 0 Å². The second-order valence-corrected chi connectivity index (χ2v) is 8.88. The van der Waals surface area contributed by atoms with Crippen LogP contribution in [0.15, 0.2) is 83.0 Å². The number of pyridine rings is 2. The number of aliphatic carboxylic acids is 1. The number of carboxylic acids is 1. The lowest BCUT2D eigenvalue weighted by Gasteiger charge is -2.21. The van der Waals surface area contributed by atoms with Crippen LogP contribution in [0.5, 0.6) is 0 Å². The lowest BCUT2D eigenvalue weighted by Crippen LogP contribution is -2.27. The van der Waals surface area contributed by atoms with Crippen LogP contribution in [0.25, 0.3) is 22.0 Å². The first-order chi connectivity index (χ1) is 17.4. The molecule has 0 fully saturated rings. The number of nitrogens with one attached hydrogen (secondary N) is 1. The zero-order valence-corrected chi connectivity index (χ0v) is 19.8. The highest BCUT2D eigenvalue weighted by Gasteiger charge is 2.35. The van der Waals surface area contributed by atoms with Crippen LogP contribution in [0.3, 0.4) is 0 Å². The zero-order valence-electron chi connectivity index (χ0n) is 19.0. The normalized spacial score (nSPS) is 15.2. The van der Waals surface area contributed by atoms with Gasteiger partial charge in [-0.1, -0.05) is 48.0 Å². The summed E-state index contributed by atoms with van der Waals surface area (Å²) in [6.07, 6.45) is 3.01. The molecule has 5 rings (SSSR count). The highest BCUT2D eigenvalue weighted by Crippen LogP contribution is 2.37. The number of H-pyrrole nitrogens is 1. The van der Waals surface area contributed by atoms with E-state index >= 15 is 0 Å². The minimum Gasteiger partial charge on any atom is -0.481 e. The number of nitrogens with zero attached hydrogens (tertiary/aromatic N) is 3. The van der Waals surface area contributed by atoms with E-state index in [0.717, 1.165) is 16.5 Å². The van der Waals surface area contributed by atoms with Crippen LogP contribution >= 0.6 is 11.6 Å². The third-order valence-electron chi connectivity index (χ3n) is 6.12. The maximum Gasteiger partial charge on any atom is 0.303 e. The van der Waals surface area contributed by atoms with Crippen molar-refractivity contribution in [3.63, 3.8) is 0 Å². The van der Waals surface area contributed by atoms with Crippen molar-refractivity contribution in [2.45, 2.75) is 25.3 Å². The molecule has 1 aliphatic rings. The molecule has 2 aromatic heterocycles. The molecule has 9 heteroatoms. The van der Waals surface area contributed by atoms with Crippen molar-refractivity contribution in [2.75, 3.05) is 0 Å². The number of benzene rings is 2. The minimum absolute atomic E-state index is 0.210. The summed E-state index contributed by atoms with van der Waals surface area (Å²) in [5.41, 5.74) is 3.27. The number of hydrogen-bond acceptors (Lipinski definition) is 5. The Morgan fingerprint density at radius 1 is 1.06 bits per heavy atom. The molecule has 0 bridgehead atoms. The summed E-state index contributed by atoms with van der Waals surface area (Å²) in [6, 6.07) is 17.8. The molecule has 180 valence electrons. The Labute approximate surface area is 210 Å². The van der Waals surface area contributed by atoms with Crippen molar-refractivity contribution in [3.05, 3.63) is 99.6 Å². The van der Waals surface area contributed by atoms with Gasteiger partial charge in [-0.15, -0.1) is 0 Å². The van der Waals surface area contributed by atoms with Gasteiger partial charge in [0, 0.05) is 46.7 Å². The first-order valence-corrected chi connectivity index (χ1v) is 11.7. The molecule has 3 heterocycles. The summed E-state index contributed by atoms with van der Waals surface area (Å²) < 4.78 is 0. The molecule has 1 aliphatic heterocycles. The lowest BCUT2D eigenvalue weighted by atomic mass is 9.91. The van der Waals surface area contributed by atoms with E-state index in [0.29, 0.717) is 27.4 Å². The van der Waals surface area contributed by atoms with E-state index in [4.69, 9.17) is 16.7 Å². The minimum atomic E-state index is -1.07. The number of carbonyl (C=O) groups excluding carboxylic acids is 1. The van der Waals surface area contributed by atoms with Gasteiger partial charge in [-0.25, -0.2) is 5.01 Å². The summed E-state index contributed by atoms with van der Waals surface area (Å²) in [5.74, 6) is -1.51. The summed E-state index contributed by atoms with van der Waals surface area (Å²) in [4.78, 5) is 44.7. The molecule has 1 amide bonds. The lowest BCUT2D eigenvalue weighted by molar-refractivity contribution is -0.141. The number of carboxylic acid groups (broad SMARTS) is 1. The quantitative estimate of drug-likeness (QED) is 0.395. The Morgan fingerprint density at radius 3 is 2.58 bits per heavy atom. The smallest absolute Gasteiger partial charge is 0.303 e. The molecule has 8 nitrogen and oxygen atoms in total. The SMILES string of the molecule is O=C(O)CCC(=O)N1N=C(c2c(-c3ccccc3)c3cc(Cl)ccc3[nH]c2=O)CC1c1cccnc1. The predicted molar refractivity (Wildman–Crippen MR) is 137 cm³/mol. The van der Waals surface area contributed by atoms with E-state index in [1.54, 1.807) is 36.7 Å². The van der Waals surface area contributed by atoms with E-state index in [9.17, 15) is 14.4 Å². The van der Waals surface area contributed by atoms with Gasteiger partial charge in [-0.05, 0) is 35.4 Å². The Morgan fingerprint density at radius 2 is 1.86 bits per heavy atom. The molecular formula is C27H21ClN4O4. The van der Waals surface area contributed by atoms with Gasteiger partial charge in [-0.3, -0.25) is 19.4 Å². The van der Waals surface area contributed by atoms with E-state index < -0.39 is 17.9 Å². The first kappa shape index (κ1) is 23.4. The topological polar surface area (TPSA) is 116 Å². The molecule has 2 aromatic carbocycles. The largest absolute Gasteiger partial charge is 0.481 e. The maximum absolute atomic E-state index is 13.5. The number of halogens is 1. The number of rotatable bonds is 6. The highest BCUT2D eigenvalue weighted by molar-refractivity contribution is 6.31. The Balaban J connectivity index is 1.70. The van der Waals surface area contributed by atoms with Crippen LogP contribution in [0.2, 0.25) is 5.02 Å². The number of aromatic nitrogens is 2. The van der Waals surface area contributed by atoms with Gasteiger partial charge in [0.2, 0.25) is 5.91 Å². The average Bonchev–Trinajstić information content (AvgIpc) is 3.33. The van der Waals surface area contributed by atoms with Gasteiger partial charge in [0.15, 0.2) is 0 Å². The molecule has 0 aliphatic carbocycles. The van der Waals surface area contributed by atoms with Gasteiger partial charge in [-0.2, -0.15) is 5.10 Å². The van der Waals surface area contributed by atoms with Gasteiger partial charge in [0.1, 0.15) is 0 Å². The number of fused-ring (bicyclic) bond motifs is 1. The van der Waals surface area contributed by atoms with Crippen molar-refractivity contribution >= 4 is 40.1 Å². The Kier molecular flexibility index (Phi) is 6.35. The molecule has 0 saturated heterocycles. The van der Waals surface area contributed by atoms with Crippen LogP contribution in [-0.2, 0) is 9.59 Å². The molecule has 0 saturated carbocycles. The van der Waals surface area contributed by atoms with Crippen molar-refractivity contribution in [3.8, 4) is 11.1 Å². The fraction of sp³-hybridized carbons (Fsp3) is 0.148. The van der Waals surface area contributed by atoms with Gasteiger partial charge >= 0.3 is 5.97 Å². The summed E-state index contributed by atoms with van der Waals surface area (Å²) >= 11 is 6.33. The number of carbonyl (C=O) groups is 2. The van der Waals surface area contributed by atoms with Crippen molar-refractivity contribution in [1.82, 2.24) is 15.0 Å². The molecule has 1 unspecified atom stereocenters. The summed E-state index contributed by atoms with van der Waals surface area (Å²) in [5, 5.41) is 16.2. The van der Waals surface area contributed by atoms with Crippen LogP contribution < -0.4 is 5.56 Å². The number of hydrazone groups is 1. The van der Waals surface area contributed by atoms with E-state index in [1.807, 2.05) is 36.4 Å². The van der Waals surface area contributed by atoms with Crippen LogP contribution in [0.1, 0.15) is 36.4 Å². The zero-order chi connectivity index (χ0) is 25.2. The predicted octanol–water partition coefficient (Wildman–Crippen LogP) is 4.79.